The lowest BCUT2D eigenvalue weighted by molar-refractivity contribution is -0.153. The largest absolute Gasteiger partial charge is 0.387 e. The fraction of sp³-hybridized carbons (Fsp3) is 0.388. The van der Waals surface area contributed by atoms with Crippen molar-refractivity contribution in [3.8, 4) is 0 Å². The molecule has 4 aliphatic carbocycles. The van der Waals surface area contributed by atoms with Crippen LogP contribution in [0.5, 0.6) is 0 Å². The Morgan fingerprint density at radius 2 is 1.23 bits per heavy atom. The number of aromatic nitrogens is 2. The molecule has 11 rings (SSSR count). The van der Waals surface area contributed by atoms with Crippen LogP contribution in [0.25, 0.3) is 0 Å². The predicted octanol–water partition coefficient (Wildman–Crippen LogP) is 2.85. The molecule has 4 bridgehead atoms. The highest BCUT2D eigenvalue weighted by atomic mass is 16.3. The van der Waals surface area contributed by atoms with E-state index in [1.807, 2.05) is 6.07 Å². The summed E-state index contributed by atoms with van der Waals surface area (Å²) >= 11 is 0. The lowest BCUT2D eigenvalue weighted by Gasteiger charge is -2.63. The van der Waals surface area contributed by atoms with Crippen molar-refractivity contribution in [1.29, 1.82) is 0 Å². The molecule has 3 aromatic carbocycles. The summed E-state index contributed by atoms with van der Waals surface area (Å²) in [6.45, 7) is 6.63. The molecule has 2 saturated heterocycles. The molecule has 6 aliphatic rings. The van der Waals surface area contributed by atoms with Crippen LogP contribution in [0.15, 0.2) is 88.5 Å². The summed E-state index contributed by atoms with van der Waals surface area (Å²) in [6.07, 6.45) is 5.00. The minimum absolute atomic E-state index is 0.0431. The van der Waals surface area contributed by atoms with Crippen molar-refractivity contribution < 1.29 is 19.8 Å². The lowest BCUT2D eigenvalue weighted by atomic mass is 9.49. The summed E-state index contributed by atoms with van der Waals surface area (Å²) < 4.78 is 0. The van der Waals surface area contributed by atoms with Crippen LogP contribution in [0.1, 0.15) is 95.0 Å². The van der Waals surface area contributed by atoms with Crippen LogP contribution in [0.4, 0.5) is 0 Å². The zero-order chi connectivity index (χ0) is 42.6. The van der Waals surface area contributed by atoms with Gasteiger partial charge in [0.15, 0.2) is 0 Å². The molecule has 12 heteroatoms. The van der Waals surface area contributed by atoms with E-state index in [0.29, 0.717) is 25.7 Å². The maximum atomic E-state index is 12.6. The summed E-state index contributed by atoms with van der Waals surface area (Å²) in [5.74, 6) is -1.49. The highest BCUT2D eigenvalue weighted by Gasteiger charge is 2.65. The summed E-state index contributed by atoms with van der Waals surface area (Å²) in [4.78, 5) is 56.6. The van der Waals surface area contributed by atoms with Gasteiger partial charge < -0.3 is 37.0 Å². The van der Waals surface area contributed by atoms with Gasteiger partial charge in [0.2, 0.25) is 0 Å². The van der Waals surface area contributed by atoms with E-state index < -0.39 is 45.0 Å². The van der Waals surface area contributed by atoms with Gasteiger partial charge in [0.25, 0.3) is 22.9 Å². The van der Waals surface area contributed by atoms with Crippen LogP contribution >= 0.6 is 0 Å². The average Bonchev–Trinajstić information content (AvgIpc) is 3.21. The van der Waals surface area contributed by atoms with Crippen LogP contribution in [0.2, 0.25) is 0 Å². The average molecular weight is 821 g/mol. The fourth-order valence-corrected chi connectivity index (χ4v) is 12.5. The van der Waals surface area contributed by atoms with E-state index >= 15 is 0 Å². The van der Waals surface area contributed by atoms with Crippen molar-refractivity contribution in [2.75, 3.05) is 13.1 Å². The first-order valence-corrected chi connectivity index (χ1v) is 21.4. The van der Waals surface area contributed by atoms with Gasteiger partial charge in [0, 0.05) is 66.5 Å². The maximum Gasteiger partial charge on any atom is 0.261 e. The molecular formula is C49H52N6O6. The predicted molar refractivity (Wildman–Crippen MR) is 231 cm³/mol. The minimum Gasteiger partial charge on any atom is -0.387 e. The van der Waals surface area contributed by atoms with Crippen LogP contribution < -0.4 is 27.9 Å². The van der Waals surface area contributed by atoms with Crippen molar-refractivity contribution in [1.82, 2.24) is 20.2 Å². The Hall–Kier alpha value is -5.66. The molecule has 2 amide bonds. The first kappa shape index (κ1) is 39.5. The summed E-state index contributed by atoms with van der Waals surface area (Å²) in [7, 11) is 0. The van der Waals surface area contributed by atoms with Crippen LogP contribution in [0, 0.1) is 13.8 Å². The van der Waals surface area contributed by atoms with E-state index in [2.05, 4.69) is 94.7 Å². The number of piperidine rings is 2. The SMILES string of the molecule is Cc1ccc2c(c1)[C@]13CCN(Cc4ccccc4)[C@H](C2)[C@]1(O)Cc1cc(C(N)=O)c(=O)[nH]c1C3.Cc1ccc2c(c1)[C@]13CCN[C@H](C2)[C@]1(O)Cc1cc(C(N)=O)c(=O)[nH]c1C3. The number of carbonyl (C=O) groups is 2. The Morgan fingerprint density at radius 3 is 1.80 bits per heavy atom. The number of fused-ring (bicyclic) bond motifs is 4. The number of hydrogen-bond donors (Lipinski definition) is 7. The Bertz CT molecular complexity index is 2780. The van der Waals surface area contributed by atoms with Gasteiger partial charge in [-0.1, -0.05) is 77.9 Å². The van der Waals surface area contributed by atoms with Crippen molar-refractivity contribution >= 4 is 11.8 Å². The molecule has 2 aromatic heterocycles. The number of H-pyrrole nitrogens is 2. The number of nitrogens with one attached hydrogen (secondary N) is 3. The molecule has 12 nitrogen and oxygen atoms in total. The van der Waals surface area contributed by atoms with E-state index in [4.69, 9.17) is 11.5 Å². The van der Waals surface area contributed by atoms with E-state index in [1.165, 1.54) is 38.9 Å². The topological polar surface area (TPSA) is 208 Å². The summed E-state index contributed by atoms with van der Waals surface area (Å²) in [5, 5.41) is 28.1. The number of aryl methyl sites for hydroxylation is 2. The van der Waals surface area contributed by atoms with Gasteiger partial charge >= 0.3 is 0 Å². The molecular weight excluding hydrogens is 769 g/mol. The number of benzene rings is 3. The van der Waals surface area contributed by atoms with Crippen LogP contribution in [-0.2, 0) is 55.9 Å². The zero-order valence-corrected chi connectivity index (χ0v) is 34.6. The van der Waals surface area contributed by atoms with E-state index in [9.17, 15) is 29.4 Å². The zero-order valence-electron chi connectivity index (χ0n) is 34.6. The molecule has 4 heterocycles. The fourth-order valence-electron chi connectivity index (χ4n) is 12.5. The Morgan fingerprint density at radius 1 is 0.689 bits per heavy atom. The number of hydrogen-bond acceptors (Lipinski definition) is 8. The number of aliphatic hydroxyl groups is 2. The molecule has 0 saturated carbocycles. The molecule has 2 fully saturated rings. The van der Waals surface area contributed by atoms with Crippen molar-refractivity contribution in [3.63, 3.8) is 0 Å². The Kier molecular flexibility index (Phi) is 9.02. The van der Waals surface area contributed by atoms with Gasteiger partial charge in [-0.3, -0.25) is 24.1 Å². The normalized spacial score (nSPS) is 28.9. The second-order valence-corrected chi connectivity index (χ2v) is 18.7. The van der Waals surface area contributed by atoms with Gasteiger partial charge in [-0.15, -0.1) is 0 Å². The first-order chi connectivity index (χ1) is 29.1. The second kappa shape index (κ2) is 13.9. The lowest BCUT2D eigenvalue weighted by Crippen LogP contribution is -2.74. The highest BCUT2D eigenvalue weighted by Crippen LogP contribution is 2.57. The third-order valence-corrected chi connectivity index (χ3v) is 15.5. The standard InChI is InChI=1S/C28H29N3O3.C21H23N3O3/c1-17-7-8-19-13-24-28(34)14-20-12-21(25(29)32)26(33)30-23(20)15-27(28,22(19)11-17)9-10-31(24)16-18-5-3-2-4-6-18;1-11-2-3-12-8-17-21(27)9-13-7-14(18(22)25)19(26)24-16(13)10-20(21,4-5-23-17)15(12)6-11/h2-8,11-12,24,34H,9-10,13-16H2,1H3,(H2,29,32)(H,30,33);2-3,6-7,17,23,27H,4-5,8-10H2,1H3,(H2,22,25)(H,24,26)/t24-,27-,28-;17-,20-,21-/m11/s1. The number of nitrogens with two attached hydrogens (primary N) is 2. The highest BCUT2D eigenvalue weighted by molar-refractivity contribution is 5.93. The van der Waals surface area contributed by atoms with E-state index in [-0.39, 0.29) is 23.2 Å². The van der Waals surface area contributed by atoms with E-state index in [0.717, 1.165) is 67.8 Å². The number of amides is 2. The number of pyridine rings is 2. The molecule has 314 valence electrons. The molecule has 6 atom stereocenters. The molecule has 0 unspecified atom stereocenters. The molecule has 5 aromatic rings. The van der Waals surface area contributed by atoms with Gasteiger partial charge in [-0.2, -0.15) is 0 Å². The number of likely N-dealkylation sites (tertiary alicyclic amines) is 1. The number of carbonyl (C=O) groups excluding carboxylic acids is 2. The van der Waals surface area contributed by atoms with Crippen molar-refractivity contribution in [2.45, 2.75) is 106 Å². The number of primary amides is 2. The third kappa shape index (κ3) is 5.86. The number of aromatic amines is 2. The number of rotatable bonds is 4. The third-order valence-electron chi connectivity index (χ3n) is 15.5. The van der Waals surface area contributed by atoms with E-state index in [1.54, 1.807) is 12.1 Å². The molecule has 2 aliphatic heterocycles. The molecule has 61 heavy (non-hydrogen) atoms. The minimum atomic E-state index is -1.03. The first-order valence-electron chi connectivity index (χ1n) is 21.4. The van der Waals surface area contributed by atoms with Gasteiger partial charge in [-0.25, -0.2) is 0 Å². The maximum absolute atomic E-state index is 12.6. The summed E-state index contributed by atoms with van der Waals surface area (Å²) in [6, 6.07) is 26.5. The van der Waals surface area contributed by atoms with Crippen molar-refractivity contribution in [3.05, 3.63) is 172 Å². The molecule has 0 spiro atoms. The van der Waals surface area contributed by atoms with Gasteiger partial charge in [0.05, 0.1) is 11.2 Å². The Labute approximate surface area is 353 Å². The van der Waals surface area contributed by atoms with Gasteiger partial charge in [-0.05, 0) is 104 Å². The van der Waals surface area contributed by atoms with Crippen LogP contribution in [-0.4, -0.2) is 73.3 Å². The Balaban J connectivity index is 0.000000150. The second-order valence-electron chi connectivity index (χ2n) is 18.7. The summed E-state index contributed by atoms with van der Waals surface area (Å²) in [5.41, 5.74) is 18.7. The quantitative estimate of drug-likeness (QED) is 0.143. The monoisotopic (exact) mass is 820 g/mol. The van der Waals surface area contributed by atoms with Gasteiger partial charge in [0.1, 0.15) is 11.1 Å². The number of nitrogens with zero attached hydrogens (tertiary/aromatic N) is 1. The van der Waals surface area contributed by atoms with Crippen LogP contribution in [0.3, 0.4) is 0 Å². The molecule has 0 radical (unpaired) electrons. The molecule has 9 N–H and O–H groups in total. The smallest absolute Gasteiger partial charge is 0.261 e. The van der Waals surface area contributed by atoms with Crippen molar-refractivity contribution in [2.24, 2.45) is 11.5 Å².